The van der Waals surface area contributed by atoms with Gasteiger partial charge in [0, 0.05) is 11.0 Å². The Morgan fingerprint density at radius 2 is 1.83 bits per heavy atom. The maximum absolute atomic E-state index is 12.1. The molecule has 122 valence electrons. The van der Waals surface area contributed by atoms with Gasteiger partial charge in [0.15, 0.2) is 0 Å². The van der Waals surface area contributed by atoms with Crippen LogP contribution in [-0.2, 0) is 17.9 Å². The summed E-state index contributed by atoms with van der Waals surface area (Å²) in [5, 5.41) is 12.6. The van der Waals surface area contributed by atoms with Crippen molar-refractivity contribution in [2.45, 2.75) is 33.1 Å². The number of aromatic hydroxyl groups is 1. The van der Waals surface area contributed by atoms with E-state index in [0.717, 1.165) is 15.6 Å². The van der Waals surface area contributed by atoms with Crippen LogP contribution in [0.15, 0.2) is 46.9 Å². The van der Waals surface area contributed by atoms with E-state index in [0.29, 0.717) is 13.2 Å². The van der Waals surface area contributed by atoms with Crippen LogP contribution in [0, 0.1) is 0 Å². The number of hydrogen-bond donors (Lipinski definition) is 2. The number of hydrogen-bond acceptors (Lipinski definition) is 3. The van der Waals surface area contributed by atoms with Gasteiger partial charge in [-0.05, 0) is 43.2 Å². The highest BCUT2D eigenvalue weighted by molar-refractivity contribution is 9.10. The fourth-order valence-corrected chi connectivity index (χ4v) is 2.34. The molecule has 1 amide bonds. The van der Waals surface area contributed by atoms with Crippen molar-refractivity contribution in [3.63, 3.8) is 0 Å². The summed E-state index contributed by atoms with van der Waals surface area (Å²) >= 11 is 3.25. The number of nitrogens with one attached hydrogen (secondary N) is 1. The second kappa shape index (κ2) is 8.13. The SMILES string of the molecule is CC(C)OCc1ccc(CNC(=O)c2ccc(Br)cc2O)cc1. The van der Waals surface area contributed by atoms with Gasteiger partial charge in [0.2, 0.25) is 0 Å². The van der Waals surface area contributed by atoms with E-state index < -0.39 is 0 Å². The minimum atomic E-state index is -0.304. The number of carbonyl (C=O) groups excluding carboxylic acids is 1. The quantitative estimate of drug-likeness (QED) is 0.799. The first kappa shape index (κ1) is 17.5. The van der Waals surface area contributed by atoms with Crippen LogP contribution in [0.2, 0.25) is 0 Å². The lowest BCUT2D eigenvalue weighted by Crippen LogP contribution is -2.22. The average molecular weight is 378 g/mol. The Balaban J connectivity index is 1.91. The lowest BCUT2D eigenvalue weighted by atomic mass is 10.1. The summed E-state index contributed by atoms with van der Waals surface area (Å²) in [6.45, 7) is 4.99. The van der Waals surface area contributed by atoms with Crippen molar-refractivity contribution in [1.82, 2.24) is 5.32 Å². The molecule has 23 heavy (non-hydrogen) atoms. The van der Waals surface area contributed by atoms with Gasteiger partial charge in [-0.3, -0.25) is 4.79 Å². The van der Waals surface area contributed by atoms with Gasteiger partial charge in [-0.25, -0.2) is 0 Å². The molecule has 2 aromatic rings. The van der Waals surface area contributed by atoms with Crippen molar-refractivity contribution < 1.29 is 14.6 Å². The molecule has 0 saturated carbocycles. The largest absolute Gasteiger partial charge is 0.507 e. The fraction of sp³-hybridized carbons (Fsp3) is 0.278. The Bertz CT molecular complexity index is 668. The molecule has 2 N–H and O–H groups in total. The monoisotopic (exact) mass is 377 g/mol. The number of phenolic OH excluding ortho intramolecular Hbond substituents is 1. The van der Waals surface area contributed by atoms with E-state index in [1.54, 1.807) is 12.1 Å². The highest BCUT2D eigenvalue weighted by Crippen LogP contribution is 2.22. The summed E-state index contributed by atoms with van der Waals surface area (Å²) in [7, 11) is 0. The van der Waals surface area contributed by atoms with Crippen LogP contribution in [0.1, 0.15) is 35.3 Å². The summed E-state index contributed by atoms with van der Waals surface area (Å²) in [5.74, 6) is -0.347. The van der Waals surface area contributed by atoms with E-state index in [9.17, 15) is 9.90 Å². The van der Waals surface area contributed by atoms with Crippen LogP contribution in [0.4, 0.5) is 0 Å². The van der Waals surface area contributed by atoms with Gasteiger partial charge in [0.05, 0.1) is 18.3 Å². The van der Waals surface area contributed by atoms with E-state index in [2.05, 4.69) is 21.2 Å². The van der Waals surface area contributed by atoms with Gasteiger partial charge >= 0.3 is 0 Å². The molecule has 0 spiro atoms. The van der Waals surface area contributed by atoms with Crippen molar-refractivity contribution in [3.05, 3.63) is 63.6 Å². The Labute approximate surface area is 144 Å². The highest BCUT2D eigenvalue weighted by atomic mass is 79.9. The first-order chi connectivity index (χ1) is 11.0. The summed E-state index contributed by atoms with van der Waals surface area (Å²) in [5.41, 5.74) is 2.35. The van der Waals surface area contributed by atoms with Gasteiger partial charge in [-0.15, -0.1) is 0 Å². The third-order valence-electron chi connectivity index (χ3n) is 3.26. The van der Waals surface area contributed by atoms with E-state index >= 15 is 0 Å². The minimum Gasteiger partial charge on any atom is -0.507 e. The molecule has 2 rings (SSSR count). The first-order valence-corrected chi connectivity index (χ1v) is 8.21. The van der Waals surface area contributed by atoms with Crippen molar-refractivity contribution in [2.75, 3.05) is 0 Å². The second-order valence-electron chi connectivity index (χ2n) is 5.52. The third-order valence-corrected chi connectivity index (χ3v) is 3.76. The molecule has 0 unspecified atom stereocenters. The topological polar surface area (TPSA) is 58.6 Å². The molecule has 5 heteroatoms. The number of carbonyl (C=O) groups is 1. The van der Waals surface area contributed by atoms with Crippen molar-refractivity contribution in [1.29, 1.82) is 0 Å². The molecular weight excluding hydrogens is 358 g/mol. The Kier molecular flexibility index (Phi) is 6.19. The molecular formula is C18H20BrNO3. The smallest absolute Gasteiger partial charge is 0.255 e. The average Bonchev–Trinajstić information content (AvgIpc) is 2.51. The Morgan fingerprint density at radius 1 is 1.17 bits per heavy atom. The standard InChI is InChI=1S/C18H20BrNO3/c1-12(2)23-11-14-5-3-13(4-6-14)10-20-18(22)16-8-7-15(19)9-17(16)21/h3-9,12,21H,10-11H2,1-2H3,(H,20,22). The maximum atomic E-state index is 12.1. The molecule has 0 fully saturated rings. The highest BCUT2D eigenvalue weighted by Gasteiger charge is 2.10. The minimum absolute atomic E-state index is 0.0435. The maximum Gasteiger partial charge on any atom is 0.255 e. The molecule has 0 aliphatic heterocycles. The van der Waals surface area contributed by atoms with E-state index in [1.807, 2.05) is 38.1 Å². The predicted molar refractivity (Wildman–Crippen MR) is 93.3 cm³/mol. The summed E-state index contributed by atoms with van der Waals surface area (Å²) < 4.78 is 6.27. The summed E-state index contributed by atoms with van der Waals surface area (Å²) in [6, 6.07) is 12.7. The molecule has 0 aliphatic carbocycles. The zero-order valence-electron chi connectivity index (χ0n) is 13.2. The van der Waals surface area contributed by atoms with Gasteiger partial charge in [-0.2, -0.15) is 0 Å². The number of halogens is 1. The van der Waals surface area contributed by atoms with Crippen molar-refractivity contribution in [3.8, 4) is 5.75 Å². The van der Waals surface area contributed by atoms with Gasteiger partial charge < -0.3 is 15.2 Å². The first-order valence-electron chi connectivity index (χ1n) is 7.42. The summed E-state index contributed by atoms with van der Waals surface area (Å²) in [4.78, 5) is 12.1. The fourth-order valence-electron chi connectivity index (χ4n) is 1.99. The lowest BCUT2D eigenvalue weighted by molar-refractivity contribution is 0.0657. The second-order valence-corrected chi connectivity index (χ2v) is 6.44. The van der Waals surface area contributed by atoms with Crippen molar-refractivity contribution in [2.24, 2.45) is 0 Å². The van der Waals surface area contributed by atoms with Crippen LogP contribution in [0.25, 0.3) is 0 Å². The molecule has 0 aromatic heterocycles. The van der Waals surface area contributed by atoms with E-state index in [4.69, 9.17) is 4.74 Å². The van der Waals surface area contributed by atoms with Crippen LogP contribution in [-0.4, -0.2) is 17.1 Å². The van der Waals surface area contributed by atoms with Gasteiger partial charge in [0.25, 0.3) is 5.91 Å². The zero-order valence-corrected chi connectivity index (χ0v) is 14.8. The van der Waals surface area contributed by atoms with Crippen LogP contribution in [0.3, 0.4) is 0 Å². The lowest BCUT2D eigenvalue weighted by Gasteiger charge is -2.09. The molecule has 0 saturated heterocycles. The molecule has 0 atom stereocenters. The Hall–Kier alpha value is -1.85. The molecule has 0 heterocycles. The van der Waals surface area contributed by atoms with E-state index in [1.165, 1.54) is 6.07 Å². The molecule has 0 radical (unpaired) electrons. The number of rotatable bonds is 6. The van der Waals surface area contributed by atoms with Crippen LogP contribution < -0.4 is 5.32 Å². The van der Waals surface area contributed by atoms with E-state index in [-0.39, 0.29) is 23.3 Å². The summed E-state index contributed by atoms with van der Waals surface area (Å²) in [6.07, 6.45) is 0.201. The molecule has 0 aliphatic rings. The molecule has 4 nitrogen and oxygen atoms in total. The number of ether oxygens (including phenoxy) is 1. The number of phenols is 1. The molecule has 0 bridgehead atoms. The van der Waals surface area contributed by atoms with Gasteiger partial charge in [0.1, 0.15) is 5.75 Å². The van der Waals surface area contributed by atoms with Crippen LogP contribution >= 0.6 is 15.9 Å². The zero-order chi connectivity index (χ0) is 16.8. The number of amides is 1. The van der Waals surface area contributed by atoms with Gasteiger partial charge in [-0.1, -0.05) is 40.2 Å². The molecule has 2 aromatic carbocycles. The normalized spacial score (nSPS) is 10.8. The van der Waals surface area contributed by atoms with Crippen molar-refractivity contribution >= 4 is 21.8 Å². The Morgan fingerprint density at radius 3 is 2.43 bits per heavy atom. The number of benzene rings is 2. The predicted octanol–water partition coefficient (Wildman–Crippen LogP) is 4.01. The third kappa shape index (κ3) is 5.37. The van der Waals surface area contributed by atoms with Crippen LogP contribution in [0.5, 0.6) is 5.75 Å².